The average molecular weight is 506 g/mol. The van der Waals surface area contributed by atoms with E-state index in [9.17, 15) is 14.9 Å². The lowest BCUT2D eigenvalue weighted by molar-refractivity contribution is 0.0291. The Labute approximate surface area is 215 Å². The Kier molecular flexibility index (Phi) is 8.45. The molecule has 0 bridgehead atoms. The first-order valence-electron chi connectivity index (χ1n) is 12.2. The first kappa shape index (κ1) is 26.2. The molecule has 11 heteroatoms. The number of aromatic nitrogens is 3. The summed E-state index contributed by atoms with van der Waals surface area (Å²) in [6, 6.07) is 5.67. The Balaban J connectivity index is 1.66. The highest BCUT2D eigenvalue weighted by Crippen LogP contribution is 2.27. The Bertz CT molecular complexity index is 1320. The minimum Gasteiger partial charge on any atom is -0.383 e. The number of hydrogen-bond donors (Lipinski definition) is 3. The quantitative estimate of drug-likeness (QED) is 0.280. The van der Waals surface area contributed by atoms with Crippen molar-refractivity contribution < 1.29 is 19.1 Å². The first-order chi connectivity index (χ1) is 17.9. The molecule has 3 aromatic rings. The maximum absolute atomic E-state index is 13.4. The normalized spacial score (nSPS) is 15.5. The monoisotopic (exact) mass is 505 g/mol. The van der Waals surface area contributed by atoms with Gasteiger partial charge >= 0.3 is 0 Å². The van der Waals surface area contributed by atoms with Crippen LogP contribution in [0.1, 0.15) is 51.9 Å². The molecule has 0 spiro atoms. The second-order valence-electron chi connectivity index (χ2n) is 9.06. The molecule has 194 valence electrons. The van der Waals surface area contributed by atoms with Gasteiger partial charge in [-0.2, -0.15) is 5.26 Å². The topological polar surface area (TPSA) is 143 Å². The fraction of sp³-hybridized carbons (Fsp3) is 0.423. The van der Waals surface area contributed by atoms with E-state index in [1.807, 2.05) is 24.5 Å². The van der Waals surface area contributed by atoms with Crippen LogP contribution in [0.25, 0.3) is 11.0 Å². The number of amides is 1. The zero-order valence-electron chi connectivity index (χ0n) is 21.2. The summed E-state index contributed by atoms with van der Waals surface area (Å²) >= 11 is 0. The molecule has 1 unspecified atom stereocenters. The number of pyridine rings is 2. The van der Waals surface area contributed by atoms with E-state index < -0.39 is 5.91 Å². The van der Waals surface area contributed by atoms with Gasteiger partial charge in [0, 0.05) is 57.7 Å². The molecule has 1 saturated heterocycles. The van der Waals surface area contributed by atoms with E-state index in [-0.39, 0.29) is 18.0 Å². The molecule has 3 N–H and O–H groups in total. The van der Waals surface area contributed by atoms with Gasteiger partial charge < -0.3 is 30.0 Å². The van der Waals surface area contributed by atoms with Crippen LogP contribution >= 0.6 is 0 Å². The van der Waals surface area contributed by atoms with Crippen LogP contribution in [0.4, 0.5) is 11.5 Å². The molecule has 1 atom stereocenters. The van der Waals surface area contributed by atoms with Crippen LogP contribution in [-0.2, 0) is 15.9 Å². The lowest BCUT2D eigenvalue weighted by atomic mass is 10.0. The molecule has 0 aliphatic carbocycles. The van der Waals surface area contributed by atoms with Crippen LogP contribution in [0.3, 0.4) is 0 Å². The molecule has 4 rings (SSSR count). The molecule has 4 heterocycles. The van der Waals surface area contributed by atoms with Gasteiger partial charge in [-0.25, -0.2) is 9.97 Å². The second kappa shape index (κ2) is 11.9. The number of fused-ring (bicyclic) bond motifs is 1. The van der Waals surface area contributed by atoms with E-state index in [4.69, 9.17) is 9.47 Å². The van der Waals surface area contributed by atoms with Gasteiger partial charge in [0.15, 0.2) is 6.29 Å². The smallest absolute Gasteiger partial charge is 0.260 e. The standard InChI is InChI=1S/C26H31N7O4/c1-16(2)33-14-20(26(35)32-24-10-21(29-5-6-36-3)18(11-27)12-30-24)25-23(33)9-17(22(15-34)31-25)8-19-13-28-4-7-37-19/h9-10,12,14-16,19,28H,4-8,13H2,1-3H3,(H2,29,30,32,35). The Morgan fingerprint density at radius 2 is 2.27 bits per heavy atom. The van der Waals surface area contributed by atoms with E-state index in [1.165, 1.54) is 6.20 Å². The van der Waals surface area contributed by atoms with Crippen LogP contribution < -0.4 is 16.0 Å². The van der Waals surface area contributed by atoms with Crippen molar-refractivity contribution in [3.8, 4) is 6.07 Å². The van der Waals surface area contributed by atoms with Gasteiger partial charge in [0.25, 0.3) is 5.91 Å². The number of methoxy groups -OCH3 is 1. The molecule has 1 fully saturated rings. The lowest BCUT2D eigenvalue weighted by Gasteiger charge is -2.24. The van der Waals surface area contributed by atoms with Crippen molar-refractivity contribution in [1.82, 2.24) is 19.9 Å². The maximum atomic E-state index is 13.4. The summed E-state index contributed by atoms with van der Waals surface area (Å²) in [6.45, 7) is 7.12. The fourth-order valence-electron chi connectivity index (χ4n) is 4.31. The van der Waals surface area contributed by atoms with E-state index in [2.05, 4.69) is 32.0 Å². The van der Waals surface area contributed by atoms with Crippen LogP contribution in [-0.4, -0.2) is 72.8 Å². The second-order valence-corrected chi connectivity index (χ2v) is 9.06. The number of aldehydes is 1. The van der Waals surface area contributed by atoms with Gasteiger partial charge in [-0.15, -0.1) is 0 Å². The van der Waals surface area contributed by atoms with Gasteiger partial charge in [0.2, 0.25) is 0 Å². The zero-order valence-corrected chi connectivity index (χ0v) is 21.2. The van der Waals surface area contributed by atoms with E-state index >= 15 is 0 Å². The van der Waals surface area contributed by atoms with Crippen molar-refractivity contribution in [2.45, 2.75) is 32.4 Å². The van der Waals surface area contributed by atoms with Crippen LogP contribution in [0, 0.1) is 11.3 Å². The van der Waals surface area contributed by atoms with E-state index in [0.717, 1.165) is 23.9 Å². The van der Waals surface area contributed by atoms with Crippen molar-refractivity contribution >= 4 is 34.7 Å². The molecule has 0 aromatic carbocycles. The number of morpholine rings is 1. The number of anilines is 2. The highest BCUT2D eigenvalue weighted by atomic mass is 16.5. The summed E-state index contributed by atoms with van der Waals surface area (Å²) < 4.78 is 12.8. The molecule has 11 nitrogen and oxygen atoms in total. The lowest BCUT2D eigenvalue weighted by Crippen LogP contribution is -2.39. The Morgan fingerprint density at radius 3 is 2.95 bits per heavy atom. The van der Waals surface area contributed by atoms with Crippen LogP contribution in [0.2, 0.25) is 0 Å². The summed E-state index contributed by atoms with van der Waals surface area (Å²) in [5, 5.41) is 18.6. The minimum atomic E-state index is -0.415. The summed E-state index contributed by atoms with van der Waals surface area (Å²) in [4.78, 5) is 34.1. The third-order valence-electron chi connectivity index (χ3n) is 6.17. The summed E-state index contributed by atoms with van der Waals surface area (Å²) in [6.07, 6.45) is 4.36. The highest BCUT2D eigenvalue weighted by Gasteiger charge is 2.23. The van der Waals surface area contributed by atoms with E-state index in [1.54, 1.807) is 19.4 Å². The maximum Gasteiger partial charge on any atom is 0.260 e. The number of hydrogen-bond acceptors (Lipinski definition) is 9. The molecule has 1 aliphatic heterocycles. The van der Waals surface area contributed by atoms with Crippen LogP contribution in [0.15, 0.2) is 24.5 Å². The van der Waals surface area contributed by atoms with Crippen molar-refractivity contribution in [2.75, 3.05) is 50.6 Å². The number of rotatable bonds is 10. The van der Waals surface area contributed by atoms with Gasteiger partial charge in [-0.3, -0.25) is 9.59 Å². The highest BCUT2D eigenvalue weighted by molar-refractivity contribution is 6.12. The molecule has 1 aliphatic rings. The third-order valence-corrected chi connectivity index (χ3v) is 6.17. The van der Waals surface area contributed by atoms with Crippen molar-refractivity contribution in [2.24, 2.45) is 0 Å². The Morgan fingerprint density at radius 1 is 1.43 bits per heavy atom. The molecular formula is C26H31N7O4. The van der Waals surface area contributed by atoms with Gasteiger partial charge in [-0.1, -0.05) is 0 Å². The predicted molar refractivity (Wildman–Crippen MR) is 139 cm³/mol. The first-order valence-corrected chi connectivity index (χ1v) is 12.2. The van der Waals surface area contributed by atoms with Crippen molar-refractivity contribution in [3.05, 3.63) is 46.9 Å². The van der Waals surface area contributed by atoms with Gasteiger partial charge in [-0.05, 0) is 25.5 Å². The zero-order chi connectivity index (χ0) is 26.4. The van der Waals surface area contributed by atoms with Gasteiger partial charge in [0.05, 0.1) is 41.6 Å². The number of carbonyl (C=O) groups is 2. The average Bonchev–Trinajstić information content (AvgIpc) is 3.28. The number of nitriles is 1. The molecule has 1 amide bonds. The van der Waals surface area contributed by atoms with Gasteiger partial charge in [0.1, 0.15) is 23.1 Å². The molecular weight excluding hydrogens is 474 g/mol. The SMILES string of the molecule is COCCNc1cc(NC(=O)c2cn(C(C)C)c3cc(CC4CNCCO4)c(C=O)nc23)ncc1C#N. The third kappa shape index (κ3) is 5.94. The number of nitrogens with zero attached hydrogens (tertiary/aromatic N) is 4. The molecule has 37 heavy (non-hydrogen) atoms. The van der Waals surface area contributed by atoms with Crippen LogP contribution in [0.5, 0.6) is 0 Å². The summed E-state index contributed by atoms with van der Waals surface area (Å²) in [7, 11) is 1.59. The number of carbonyl (C=O) groups excluding carboxylic acids is 2. The number of nitrogens with one attached hydrogen (secondary N) is 3. The summed E-state index contributed by atoms with van der Waals surface area (Å²) in [5.74, 6) is -0.134. The minimum absolute atomic E-state index is 0.0499. The Hall–Kier alpha value is -3.85. The fourth-order valence-corrected chi connectivity index (χ4v) is 4.31. The molecule has 0 saturated carbocycles. The predicted octanol–water partition coefficient (Wildman–Crippen LogP) is 2.54. The number of ether oxygens (including phenoxy) is 2. The van der Waals surface area contributed by atoms with Crippen molar-refractivity contribution in [3.63, 3.8) is 0 Å². The molecule has 3 aromatic heterocycles. The van der Waals surface area contributed by atoms with Crippen molar-refractivity contribution in [1.29, 1.82) is 5.26 Å². The largest absolute Gasteiger partial charge is 0.383 e. The van der Waals surface area contributed by atoms with E-state index in [0.29, 0.717) is 60.7 Å². The molecule has 0 radical (unpaired) electrons. The summed E-state index contributed by atoms with van der Waals surface area (Å²) in [5.41, 5.74) is 3.49.